The molecule has 0 radical (unpaired) electrons. The number of hydrogen-bond donors (Lipinski definition) is 1. The number of H-pyrrole nitrogens is 1. The molecule has 110 valence electrons. The minimum absolute atomic E-state index is 0.130. The van der Waals surface area contributed by atoms with Gasteiger partial charge in [-0.1, -0.05) is 20.8 Å². The van der Waals surface area contributed by atoms with Gasteiger partial charge in [0.25, 0.3) is 5.56 Å². The first-order valence-electron chi connectivity index (χ1n) is 6.81. The van der Waals surface area contributed by atoms with Gasteiger partial charge < -0.3 is 4.98 Å². The van der Waals surface area contributed by atoms with Crippen LogP contribution in [0.4, 0.5) is 0 Å². The van der Waals surface area contributed by atoms with Crippen LogP contribution in [0.2, 0.25) is 0 Å². The molecule has 0 aliphatic heterocycles. The Morgan fingerprint density at radius 2 is 2.10 bits per heavy atom. The average Bonchev–Trinajstić information content (AvgIpc) is 2.69. The van der Waals surface area contributed by atoms with Gasteiger partial charge in [0.05, 0.1) is 12.7 Å². The summed E-state index contributed by atoms with van der Waals surface area (Å²) in [6, 6.07) is 0.370. The van der Waals surface area contributed by atoms with E-state index < -0.39 is 0 Å². The third kappa shape index (κ3) is 2.75. The van der Waals surface area contributed by atoms with Crippen LogP contribution in [-0.2, 0) is 13.6 Å². The van der Waals surface area contributed by atoms with Crippen LogP contribution >= 0.6 is 0 Å². The molecule has 0 saturated heterocycles. The Morgan fingerprint density at radius 3 is 2.70 bits per heavy atom. The van der Waals surface area contributed by atoms with Gasteiger partial charge in [0.1, 0.15) is 11.2 Å². The van der Waals surface area contributed by atoms with Gasteiger partial charge in [0.15, 0.2) is 5.65 Å². The fourth-order valence-corrected chi connectivity index (χ4v) is 2.19. The summed E-state index contributed by atoms with van der Waals surface area (Å²) in [6.07, 6.45) is 1.55. The molecule has 0 spiro atoms. The van der Waals surface area contributed by atoms with Crippen molar-refractivity contribution in [2.45, 2.75) is 40.3 Å². The fourth-order valence-electron chi connectivity index (χ4n) is 2.19. The van der Waals surface area contributed by atoms with Crippen LogP contribution in [0.25, 0.3) is 11.0 Å². The number of hydrogen-bond acceptors (Lipinski definition) is 4. The zero-order chi connectivity index (χ0) is 15.1. The standard InChI is InChI=1S/C14H23N5O/c1-9(14(2,3)4)18(5)8-11-16-12-10(13(20)17-11)7-15-19(12)6/h7,9H,8H2,1-6H3,(H,16,17,20)/t9-/m0/s1. The summed E-state index contributed by atoms with van der Waals surface area (Å²) in [4.78, 5) is 21.5. The lowest BCUT2D eigenvalue weighted by Gasteiger charge is -2.35. The highest BCUT2D eigenvalue weighted by atomic mass is 16.1. The Morgan fingerprint density at radius 1 is 1.45 bits per heavy atom. The summed E-state index contributed by atoms with van der Waals surface area (Å²) in [5, 5.41) is 4.60. The fraction of sp³-hybridized carbons (Fsp3) is 0.643. The summed E-state index contributed by atoms with van der Waals surface area (Å²) in [7, 11) is 3.84. The van der Waals surface area contributed by atoms with Gasteiger partial charge in [-0.25, -0.2) is 4.98 Å². The van der Waals surface area contributed by atoms with Crippen molar-refractivity contribution in [2.24, 2.45) is 12.5 Å². The minimum Gasteiger partial charge on any atom is -0.309 e. The number of nitrogens with zero attached hydrogens (tertiary/aromatic N) is 4. The van der Waals surface area contributed by atoms with Crippen LogP contribution in [0.3, 0.4) is 0 Å². The molecule has 2 aromatic rings. The van der Waals surface area contributed by atoms with Crippen molar-refractivity contribution in [1.82, 2.24) is 24.6 Å². The number of fused-ring (bicyclic) bond motifs is 1. The predicted octanol–water partition coefficient (Wildman–Crippen LogP) is 1.52. The molecule has 2 rings (SSSR count). The Balaban J connectivity index is 2.30. The first-order chi connectivity index (χ1) is 9.20. The van der Waals surface area contributed by atoms with Gasteiger partial charge in [-0.05, 0) is 19.4 Å². The maximum atomic E-state index is 12.0. The molecule has 6 heteroatoms. The average molecular weight is 277 g/mol. The molecular formula is C14H23N5O. The molecule has 1 atom stereocenters. The molecule has 0 aliphatic rings. The predicted molar refractivity (Wildman–Crippen MR) is 79.5 cm³/mol. The molecule has 0 aliphatic carbocycles. The molecule has 0 saturated carbocycles. The van der Waals surface area contributed by atoms with Crippen molar-refractivity contribution in [3.05, 3.63) is 22.4 Å². The van der Waals surface area contributed by atoms with Crippen LogP contribution < -0.4 is 5.56 Å². The Bertz CT molecular complexity index is 664. The quantitative estimate of drug-likeness (QED) is 0.923. The first-order valence-corrected chi connectivity index (χ1v) is 6.81. The molecular weight excluding hydrogens is 254 g/mol. The van der Waals surface area contributed by atoms with E-state index in [0.29, 0.717) is 29.4 Å². The second kappa shape index (κ2) is 5.01. The molecule has 0 aromatic carbocycles. The summed E-state index contributed by atoms with van der Waals surface area (Å²) in [6.45, 7) is 9.40. The van der Waals surface area contributed by atoms with Gasteiger partial charge in [-0.2, -0.15) is 5.10 Å². The van der Waals surface area contributed by atoms with E-state index in [9.17, 15) is 4.79 Å². The second-order valence-electron chi connectivity index (χ2n) is 6.48. The van der Waals surface area contributed by atoms with Crippen molar-refractivity contribution < 1.29 is 0 Å². The number of nitrogens with one attached hydrogen (secondary N) is 1. The highest BCUT2D eigenvalue weighted by Crippen LogP contribution is 2.23. The third-order valence-electron chi connectivity index (χ3n) is 3.96. The summed E-state index contributed by atoms with van der Waals surface area (Å²) in [5.74, 6) is 0.671. The molecule has 1 N–H and O–H groups in total. The van der Waals surface area contributed by atoms with E-state index in [2.05, 4.69) is 47.7 Å². The Hall–Kier alpha value is -1.69. The van der Waals surface area contributed by atoms with Crippen LogP contribution in [0.1, 0.15) is 33.5 Å². The van der Waals surface area contributed by atoms with E-state index in [-0.39, 0.29) is 11.0 Å². The highest BCUT2D eigenvalue weighted by molar-refractivity contribution is 5.72. The molecule has 0 amide bonds. The number of aromatic nitrogens is 4. The summed E-state index contributed by atoms with van der Waals surface area (Å²) >= 11 is 0. The second-order valence-corrected chi connectivity index (χ2v) is 6.48. The van der Waals surface area contributed by atoms with Crippen molar-refractivity contribution >= 4 is 11.0 Å². The van der Waals surface area contributed by atoms with E-state index in [4.69, 9.17) is 0 Å². The number of rotatable bonds is 3. The van der Waals surface area contributed by atoms with Crippen LogP contribution in [0.5, 0.6) is 0 Å². The first kappa shape index (κ1) is 14.7. The van der Waals surface area contributed by atoms with Gasteiger partial charge in [-0.15, -0.1) is 0 Å². The summed E-state index contributed by atoms with van der Waals surface area (Å²) < 4.78 is 1.63. The van der Waals surface area contributed by atoms with Crippen molar-refractivity contribution in [3.63, 3.8) is 0 Å². The number of aromatic amines is 1. The largest absolute Gasteiger partial charge is 0.309 e. The van der Waals surface area contributed by atoms with Crippen LogP contribution in [0.15, 0.2) is 11.0 Å². The highest BCUT2D eigenvalue weighted by Gasteiger charge is 2.24. The molecule has 0 fully saturated rings. The lowest BCUT2D eigenvalue weighted by Crippen LogP contribution is -2.39. The zero-order valence-corrected chi connectivity index (χ0v) is 13.1. The Labute approximate surface area is 118 Å². The third-order valence-corrected chi connectivity index (χ3v) is 3.96. The smallest absolute Gasteiger partial charge is 0.262 e. The molecule has 20 heavy (non-hydrogen) atoms. The van der Waals surface area contributed by atoms with Crippen LogP contribution in [0, 0.1) is 5.41 Å². The topological polar surface area (TPSA) is 66.8 Å². The summed E-state index contributed by atoms with van der Waals surface area (Å²) in [5.41, 5.74) is 0.668. The molecule has 2 heterocycles. The lowest BCUT2D eigenvalue weighted by atomic mass is 9.87. The van der Waals surface area contributed by atoms with Crippen LogP contribution in [-0.4, -0.2) is 37.7 Å². The van der Waals surface area contributed by atoms with Gasteiger partial charge in [0, 0.05) is 13.1 Å². The van der Waals surface area contributed by atoms with Crippen molar-refractivity contribution in [2.75, 3.05) is 7.05 Å². The minimum atomic E-state index is -0.130. The van der Waals surface area contributed by atoms with Crippen molar-refractivity contribution in [3.8, 4) is 0 Å². The monoisotopic (exact) mass is 277 g/mol. The van der Waals surface area contributed by atoms with Crippen molar-refractivity contribution in [1.29, 1.82) is 0 Å². The number of aryl methyl sites for hydroxylation is 1. The maximum absolute atomic E-state index is 12.0. The lowest BCUT2D eigenvalue weighted by molar-refractivity contribution is 0.132. The normalized spacial score (nSPS) is 14.2. The van der Waals surface area contributed by atoms with Gasteiger partial charge in [-0.3, -0.25) is 14.4 Å². The molecule has 0 bridgehead atoms. The molecule has 2 aromatic heterocycles. The van der Waals surface area contributed by atoms with E-state index >= 15 is 0 Å². The Kier molecular flexibility index (Phi) is 3.69. The van der Waals surface area contributed by atoms with Gasteiger partial charge in [0.2, 0.25) is 0 Å². The maximum Gasteiger partial charge on any atom is 0.262 e. The van der Waals surface area contributed by atoms with E-state index in [1.54, 1.807) is 17.9 Å². The van der Waals surface area contributed by atoms with Gasteiger partial charge >= 0.3 is 0 Å². The molecule has 0 unspecified atom stereocenters. The van der Waals surface area contributed by atoms with E-state index in [1.165, 1.54) is 0 Å². The van der Waals surface area contributed by atoms with E-state index in [1.807, 2.05) is 7.05 Å². The molecule has 6 nitrogen and oxygen atoms in total. The SMILES string of the molecule is C[C@H](N(C)Cc1nc2c(cnn2C)c(=O)[nH]1)C(C)(C)C. The zero-order valence-electron chi connectivity index (χ0n) is 13.1. The van der Waals surface area contributed by atoms with E-state index in [0.717, 1.165) is 0 Å².